The first kappa shape index (κ1) is 47.7. The van der Waals surface area contributed by atoms with Crippen LogP contribution in [0, 0.1) is 54.8 Å². The van der Waals surface area contributed by atoms with Crippen LogP contribution in [0.2, 0.25) is 0 Å². The first-order chi connectivity index (χ1) is 36.4. The molecule has 15 heteroatoms. The number of ether oxygens (including phenoxy) is 3. The maximum Gasteiger partial charge on any atom is 0.335 e. The van der Waals surface area contributed by atoms with Crippen molar-refractivity contribution < 1.29 is 28.6 Å². The average molecular weight is 982 g/mol. The molecule has 75 heavy (non-hydrogen) atoms. The van der Waals surface area contributed by atoms with Crippen LogP contribution in [0.25, 0.3) is 84.3 Å². The van der Waals surface area contributed by atoms with Crippen molar-refractivity contribution in [2.45, 2.75) is 20.8 Å². The molecule has 7 aromatic carbocycles. The van der Waals surface area contributed by atoms with Gasteiger partial charge >= 0.3 is 17.9 Å². The Morgan fingerprint density at radius 1 is 0.427 bits per heavy atom. The summed E-state index contributed by atoms with van der Waals surface area (Å²) in [6, 6.07) is 43.9. The Morgan fingerprint density at radius 3 is 0.893 bits per heavy atom. The number of aryl methyl sites for hydroxylation is 3. The highest BCUT2D eigenvalue weighted by molar-refractivity contribution is 6.22. The number of carbonyl (C=O) groups is 3. The van der Waals surface area contributed by atoms with Gasteiger partial charge in [0.2, 0.25) is 0 Å². The molecule has 0 aliphatic carbocycles. The second-order valence-corrected chi connectivity index (χ2v) is 17.2. The molecule has 0 fully saturated rings. The minimum atomic E-state index is -0.634. The van der Waals surface area contributed by atoms with Gasteiger partial charge in [0.1, 0.15) is 67.8 Å². The molecule has 0 bridgehead atoms. The van der Waals surface area contributed by atoms with E-state index in [2.05, 4.69) is 37.9 Å². The van der Waals surface area contributed by atoms with Gasteiger partial charge in [-0.25, -0.2) is 29.3 Å². The number of imidazole rings is 3. The van der Waals surface area contributed by atoms with Gasteiger partial charge in [0.15, 0.2) is 0 Å². The van der Waals surface area contributed by atoms with E-state index in [4.69, 9.17) is 29.2 Å². The van der Waals surface area contributed by atoms with E-state index in [0.29, 0.717) is 118 Å². The number of benzene rings is 7. The van der Waals surface area contributed by atoms with Gasteiger partial charge in [-0.1, -0.05) is 19.7 Å². The Hall–Kier alpha value is -11.0. The van der Waals surface area contributed by atoms with Gasteiger partial charge in [-0.2, -0.15) is 15.8 Å². The van der Waals surface area contributed by atoms with Crippen molar-refractivity contribution >= 4 is 51.0 Å². The van der Waals surface area contributed by atoms with Crippen LogP contribution in [0.4, 0.5) is 0 Å². The van der Waals surface area contributed by atoms with Gasteiger partial charge in [-0.15, -0.1) is 0 Å². The monoisotopic (exact) mass is 981 g/mol. The van der Waals surface area contributed by atoms with Crippen LogP contribution in [0.1, 0.15) is 33.4 Å². The quantitative estimate of drug-likeness (QED) is 0.0637. The number of nitriles is 3. The third-order valence-corrected chi connectivity index (χ3v) is 12.6. The highest BCUT2D eigenvalue weighted by atomic mass is 16.5. The molecule has 3 aromatic heterocycles. The van der Waals surface area contributed by atoms with E-state index < -0.39 is 17.9 Å². The van der Waals surface area contributed by atoms with Crippen LogP contribution in [0.5, 0.6) is 17.2 Å². The van der Waals surface area contributed by atoms with Gasteiger partial charge in [0.05, 0.1) is 34.9 Å². The SMILES string of the molecule is C=CC(=O)Oc1ccc(-n2c(-c3ccc(C#N)c(C)c3)nc3c2c2nc(-c4ccc(C#N)c(C)c4)n(-c4ccc(OC(=O)C=C)cc4)c2c2nc(-c4ccc(C#N)c(C)c4)n(-c4ccc(OC(=O)C=C)cc4)c32)cc1. The van der Waals surface area contributed by atoms with E-state index >= 15 is 0 Å². The number of rotatable bonds is 12. The fourth-order valence-corrected chi connectivity index (χ4v) is 8.99. The topological polar surface area (TPSA) is 204 Å². The molecular formula is C60H39N9O6. The molecule has 0 aliphatic heterocycles. The molecule has 0 saturated heterocycles. The molecular weight excluding hydrogens is 943 g/mol. The molecule has 0 amide bonds. The number of hydrogen-bond donors (Lipinski definition) is 0. The van der Waals surface area contributed by atoms with Crippen LogP contribution in [-0.4, -0.2) is 46.6 Å². The van der Waals surface area contributed by atoms with E-state index in [1.807, 2.05) is 70.9 Å². The molecule has 0 spiro atoms. The lowest BCUT2D eigenvalue weighted by molar-refractivity contribution is -0.129. The largest absolute Gasteiger partial charge is 0.423 e. The Bertz CT molecular complexity index is 3750. The summed E-state index contributed by atoms with van der Waals surface area (Å²) in [5, 5.41) is 30.1. The molecule has 15 nitrogen and oxygen atoms in total. The lowest BCUT2D eigenvalue weighted by atomic mass is 10.1. The second kappa shape index (κ2) is 19.3. The fraction of sp³-hybridized carbons (Fsp3) is 0.0500. The molecule has 0 radical (unpaired) electrons. The first-order valence-corrected chi connectivity index (χ1v) is 23.1. The average Bonchev–Trinajstić information content (AvgIpc) is 4.18. The number of fused-ring (bicyclic) bond motifs is 6. The van der Waals surface area contributed by atoms with E-state index in [-0.39, 0.29) is 17.2 Å². The summed E-state index contributed by atoms with van der Waals surface area (Å²) in [4.78, 5) is 53.8. The van der Waals surface area contributed by atoms with Crippen molar-refractivity contribution in [1.82, 2.24) is 28.7 Å². The summed E-state index contributed by atoms with van der Waals surface area (Å²) < 4.78 is 22.4. The van der Waals surface area contributed by atoms with Gasteiger partial charge in [-0.05, 0) is 165 Å². The van der Waals surface area contributed by atoms with E-state index in [9.17, 15) is 30.2 Å². The predicted molar refractivity (Wildman–Crippen MR) is 282 cm³/mol. The van der Waals surface area contributed by atoms with Crippen molar-refractivity contribution in [3.05, 3.63) is 199 Å². The Labute approximate surface area is 428 Å². The fourth-order valence-electron chi connectivity index (χ4n) is 8.99. The zero-order chi connectivity index (χ0) is 52.7. The van der Waals surface area contributed by atoms with Crippen LogP contribution in [0.15, 0.2) is 165 Å². The summed E-state index contributed by atoms with van der Waals surface area (Å²) in [7, 11) is 0. The first-order valence-electron chi connectivity index (χ1n) is 23.1. The smallest absolute Gasteiger partial charge is 0.335 e. The van der Waals surface area contributed by atoms with Crippen molar-refractivity contribution in [2.24, 2.45) is 0 Å². The molecule has 0 atom stereocenters. The lowest BCUT2D eigenvalue weighted by Crippen LogP contribution is -2.04. The van der Waals surface area contributed by atoms with Gasteiger partial charge in [0, 0.05) is 52.0 Å². The molecule has 0 N–H and O–H groups in total. The number of nitrogens with zero attached hydrogens (tertiary/aromatic N) is 9. The second-order valence-electron chi connectivity index (χ2n) is 17.2. The summed E-state index contributed by atoms with van der Waals surface area (Å²) in [5.41, 5.74) is 10.2. The highest BCUT2D eigenvalue weighted by Gasteiger charge is 2.31. The summed E-state index contributed by atoms with van der Waals surface area (Å²) in [6.45, 7) is 16.2. The molecule has 10 aromatic rings. The highest BCUT2D eigenvalue weighted by Crippen LogP contribution is 2.45. The summed E-state index contributed by atoms with van der Waals surface area (Å²) in [5.74, 6) is 0.265. The summed E-state index contributed by atoms with van der Waals surface area (Å²) in [6.07, 6.45) is 3.23. The lowest BCUT2D eigenvalue weighted by Gasteiger charge is -2.14. The van der Waals surface area contributed by atoms with Crippen molar-refractivity contribution in [2.75, 3.05) is 0 Å². The molecule has 10 rings (SSSR count). The zero-order valence-electron chi connectivity index (χ0n) is 40.5. The predicted octanol–water partition coefficient (Wildman–Crippen LogP) is 11.5. The van der Waals surface area contributed by atoms with E-state index in [1.54, 1.807) is 91.0 Å². The van der Waals surface area contributed by atoms with Crippen LogP contribution in [-0.2, 0) is 14.4 Å². The van der Waals surface area contributed by atoms with Gasteiger partial charge < -0.3 is 14.2 Å². The molecule has 0 saturated carbocycles. The molecule has 0 aliphatic rings. The third kappa shape index (κ3) is 8.52. The maximum atomic E-state index is 12.4. The van der Waals surface area contributed by atoms with Crippen molar-refractivity contribution in [1.29, 1.82) is 15.8 Å². The van der Waals surface area contributed by atoms with E-state index in [1.165, 1.54) is 0 Å². The Kier molecular flexibility index (Phi) is 12.3. The number of hydrogen-bond acceptors (Lipinski definition) is 12. The maximum absolute atomic E-state index is 12.4. The van der Waals surface area contributed by atoms with Crippen LogP contribution < -0.4 is 14.2 Å². The van der Waals surface area contributed by atoms with Crippen molar-refractivity contribution in [3.8, 4) is 86.7 Å². The minimum absolute atomic E-state index is 0.268. The standard InChI is InChI=1S/C60H39N9O6/c1-7-49(70)73-46-22-16-43(17-23-46)67-55-52(64-58(67)37-10-13-40(31-61)34(4)28-37)56-54(66-60(39-12-15-42(33-63)36(6)30-39)68(56)44-18-24-47(25-19-44)74-50(71)8-2)57-53(55)65-59(38-11-14-41(32-62)35(5)29-38)69(57)45-20-26-48(27-21-45)75-51(72)9-3/h7-30H,1-3H2,4-6H3. The molecule has 0 unspecified atom stereocenters. The van der Waals surface area contributed by atoms with Crippen molar-refractivity contribution in [3.63, 3.8) is 0 Å². The van der Waals surface area contributed by atoms with Gasteiger partial charge in [-0.3, -0.25) is 13.7 Å². The zero-order valence-corrected chi connectivity index (χ0v) is 40.5. The van der Waals surface area contributed by atoms with Gasteiger partial charge in [0.25, 0.3) is 0 Å². The molecule has 360 valence electrons. The Balaban J connectivity index is 1.44. The van der Waals surface area contributed by atoms with E-state index in [0.717, 1.165) is 18.2 Å². The minimum Gasteiger partial charge on any atom is -0.423 e. The number of aromatic nitrogens is 6. The Morgan fingerprint density at radius 2 is 0.680 bits per heavy atom. The van der Waals surface area contributed by atoms with Crippen LogP contribution in [0.3, 0.4) is 0 Å². The normalized spacial score (nSPS) is 10.9. The third-order valence-electron chi connectivity index (χ3n) is 12.6. The summed E-state index contributed by atoms with van der Waals surface area (Å²) >= 11 is 0. The molecule has 3 heterocycles. The number of carbonyl (C=O) groups excluding carboxylic acids is 3. The number of esters is 3. The van der Waals surface area contributed by atoms with Crippen LogP contribution >= 0.6 is 0 Å².